The molecule has 9 nitrogen and oxygen atoms in total. The maximum Gasteiger partial charge on any atom is 0.306 e. The predicted octanol–water partition coefficient (Wildman–Crippen LogP) is 17.6. The summed E-state index contributed by atoms with van der Waals surface area (Å²) in [5, 5.41) is 0. The van der Waals surface area contributed by atoms with Crippen molar-refractivity contribution in [1.82, 2.24) is 0 Å². The molecule has 0 heterocycles. The molecule has 0 spiro atoms. The highest BCUT2D eigenvalue weighted by molar-refractivity contribution is 7.45. The van der Waals surface area contributed by atoms with Gasteiger partial charge < -0.3 is 27.9 Å². The first kappa shape index (κ1) is 69.2. The number of nitrogens with zero attached hydrogens (tertiary/aromatic N) is 1. The first-order chi connectivity index (χ1) is 35.0. The van der Waals surface area contributed by atoms with Crippen LogP contribution in [-0.4, -0.2) is 70.0 Å². The fraction of sp³-hybridized carbons (Fsp3) is 0.742. The molecule has 10 heteroatoms. The molecule has 0 saturated heterocycles. The third-order valence-corrected chi connectivity index (χ3v) is 13.4. The summed E-state index contributed by atoms with van der Waals surface area (Å²) in [6, 6.07) is 0. The van der Waals surface area contributed by atoms with Crippen molar-refractivity contribution in [1.29, 1.82) is 0 Å². The molecular weight excluding hydrogens is 918 g/mol. The lowest BCUT2D eigenvalue weighted by Crippen LogP contribution is -2.37. The average molecular weight is 1030 g/mol. The first-order valence-corrected chi connectivity index (χ1v) is 30.8. The molecule has 0 bridgehead atoms. The van der Waals surface area contributed by atoms with E-state index in [4.69, 9.17) is 18.5 Å². The van der Waals surface area contributed by atoms with Crippen LogP contribution in [0.4, 0.5) is 0 Å². The quantitative estimate of drug-likeness (QED) is 0.0195. The van der Waals surface area contributed by atoms with E-state index in [1.54, 1.807) is 0 Å². The Morgan fingerprint density at radius 1 is 0.444 bits per heavy atom. The molecule has 0 aliphatic carbocycles. The Morgan fingerprint density at radius 3 is 1.18 bits per heavy atom. The number of esters is 2. The number of carbonyl (C=O) groups excluding carboxylic acids is 2. The van der Waals surface area contributed by atoms with Crippen molar-refractivity contribution >= 4 is 19.8 Å². The summed E-state index contributed by atoms with van der Waals surface area (Å²) in [7, 11) is 1.15. The Balaban J connectivity index is 4.17. The summed E-state index contributed by atoms with van der Waals surface area (Å²) in [6.45, 7) is 4.11. The van der Waals surface area contributed by atoms with Gasteiger partial charge in [-0.05, 0) is 89.9 Å². The van der Waals surface area contributed by atoms with E-state index in [-0.39, 0.29) is 32.0 Å². The Bertz CT molecular complexity index is 1490. The normalized spacial score (nSPS) is 13.9. The second-order valence-electron chi connectivity index (χ2n) is 20.6. The van der Waals surface area contributed by atoms with Crippen molar-refractivity contribution in [2.75, 3.05) is 47.5 Å². The molecular formula is C62H110NO8P. The number of hydrogen-bond acceptors (Lipinski definition) is 8. The van der Waals surface area contributed by atoms with Crippen molar-refractivity contribution in [2.45, 2.75) is 251 Å². The van der Waals surface area contributed by atoms with E-state index in [0.717, 1.165) is 83.5 Å². The Kier molecular flexibility index (Phi) is 51.0. The van der Waals surface area contributed by atoms with Gasteiger partial charge in [-0.2, -0.15) is 0 Å². The van der Waals surface area contributed by atoms with Gasteiger partial charge in [0.15, 0.2) is 6.10 Å². The summed E-state index contributed by atoms with van der Waals surface area (Å²) in [5.41, 5.74) is 0. The van der Waals surface area contributed by atoms with Gasteiger partial charge in [0.2, 0.25) is 0 Å². The first-order valence-electron chi connectivity index (χ1n) is 29.3. The van der Waals surface area contributed by atoms with Gasteiger partial charge in [-0.3, -0.25) is 14.2 Å². The molecule has 0 fully saturated rings. The Hall–Kier alpha value is -2.81. The predicted molar refractivity (Wildman–Crippen MR) is 305 cm³/mol. The molecule has 0 N–H and O–H groups in total. The fourth-order valence-corrected chi connectivity index (χ4v) is 8.62. The molecule has 0 aliphatic rings. The van der Waals surface area contributed by atoms with Crippen LogP contribution in [0.3, 0.4) is 0 Å². The molecule has 0 amide bonds. The zero-order valence-electron chi connectivity index (χ0n) is 47.1. The van der Waals surface area contributed by atoms with Gasteiger partial charge in [0.05, 0.1) is 27.7 Å². The summed E-state index contributed by atoms with van der Waals surface area (Å²) in [5.74, 6) is -0.844. The van der Waals surface area contributed by atoms with E-state index in [9.17, 15) is 19.0 Å². The number of carbonyl (C=O) groups is 2. The van der Waals surface area contributed by atoms with Gasteiger partial charge >= 0.3 is 11.9 Å². The number of allylic oxidation sites excluding steroid dienone is 14. The largest absolute Gasteiger partial charge is 0.756 e. The highest BCUT2D eigenvalue weighted by Crippen LogP contribution is 2.38. The van der Waals surface area contributed by atoms with Crippen LogP contribution in [0.1, 0.15) is 245 Å². The van der Waals surface area contributed by atoms with Gasteiger partial charge in [-0.15, -0.1) is 0 Å². The zero-order valence-corrected chi connectivity index (χ0v) is 48.0. The van der Waals surface area contributed by atoms with Gasteiger partial charge in [0.1, 0.15) is 19.8 Å². The minimum atomic E-state index is -4.64. The molecule has 0 aromatic carbocycles. The number of hydrogen-bond donors (Lipinski definition) is 0. The third kappa shape index (κ3) is 56.5. The topological polar surface area (TPSA) is 111 Å². The maximum absolute atomic E-state index is 12.8. The second-order valence-corrected chi connectivity index (χ2v) is 22.0. The smallest absolute Gasteiger partial charge is 0.306 e. The second kappa shape index (κ2) is 53.0. The van der Waals surface area contributed by atoms with Crippen molar-refractivity contribution in [3.63, 3.8) is 0 Å². The van der Waals surface area contributed by atoms with Crippen molar-refractivity contribution in [2.24, 2.45) is 0 Å². The maximum atomic E-state index is 12.8. The summed E-state index contributed by atoms with van der Waals surface area (Å²) < 4.78 is 34.2. The minimum absolute atomic E-state index is 0.0364. The van der Waals surface area contributed by atoms with Gasteiger partial charge in [0.25, 0.3) is 7.82 Å². The number of phosphoric acid groups is 1. The lowest BCUT2D eigenvalue weighted by Gasteiger charge is -2.28. The third-order valence-electron chi connectivity index (χ3n) is 12.4. The van der Waals surface area contributed by atoms with Gasteiger partial charge in [0, 0.05) is 12.8 Å². The highest BCUT2D eigenvalue weighted by atomic mass is 31.2. The zero-order chi connectivity index (χ0) is 52.7. The van der Waals surface area contributed by atoms with E-state index in [1.807, 2.05) is 21.1 Å². The van der Waals surface area contributed by atoms with Crippen LogP contribution in [0.2, 0.25) is 0 Å². The lowest BCUT2D eigenvalue weighted by molar-refractivity contribution is -0.870. The van der Waals surface area contributed by atoms with E-state index in [0.29, 0.717) is 17.4 Å². The molecule has 416 valence electrons. The lowest BCUT2D eigenvalue weighted by atomic mass is 10.0. The van der Waals surface area contributed by atoms with E-state index >= 15 is 0 Å². The van der Waals surface area contributed by atoms with Crippen molar-refractivity contribution in [3.05, 3.63) is 85.1 Å². The summed E-state index contributed by atoms with van der Waals surface area (Å²) in [6.07, 6.45) is 70.5. The molecule has 0 aliphatic heterocycles. The Labute approximate surface area is 443 Å². The van der Waals surface area contributed by atoms with Crippen LogP contribution in [0, 0.1) is 0 Å². The summed E-state index contributed by atoms with van der Waals surface area (Å²) in [4.78, 5) is 37.9. The number of unbranched alkanes of at least 4 members (excludes halogenated alkanes) is 25. The van der Waals surface area contributed by atoms with Crippen LogP contribution in [0.25, 0.3) is 0 Å². The van der Waals surface area contributed by atoms with E-state index in [1.165, 1.54) is 128 Å². The van der Waals surface area contributed by atoms with Crippen LogP contribution in [0.5, 0.6) is 0 Å². The summed E-state index contributed by atoms with van der Waals surface area (Å²) >= 11 is 0. The fourth-order valence-electron chi connectivity index (χ4n) is 7.89. The molecule has 2 atom stereocenters. The monoisotopic (exact) mass is 1030 g/mol. The molecule has 2 unspecified atom stereocenters. The van der Waals surface area contributed by atoms with Gasteiger partial charge in [-0.1, -0.05) is 227 Å². The average Bonchev–Trinajstić information content (AvgIpc) is 3.34. The molecule has 0 saturated carbocycles. The highest BCUT2D eigenvalue weighted by Gasteiger charge is 2.22. The number of phosphoric ester groups is 1. The van der Waals surface area contributed by atoms with Crippen LogP contribution >= 0.6 is 7.82 Å². The molecule has 0 aromatic heterocycles. The van der Waals surface area contributed by atoms with E-state index in [2.05, 4.69) is 98.9 Å². The van der Waals surface area contributed by atoms with E-state index < -0.39 is 26.5 Å². The number of rotatable bonds is 53. The van der Waals surface area contributed by atoms with Crippen LogP contribution in [0.15, 0.2) is 85.1 Å². The minimum Gasteiger partial charge on any atom is -0.756 e. The molecule has 0 radical (unpaired) electrons. The Morgan fingerprint density at radius 2 is 0.792 bits per heavy atom. The van der Waals surface area contributed by atoms with Crippen molar-refractivity contribution in [3.8, 4) is 0 Å². The molecule has 72 heavy (non-hydrogen) atoms. The number of likely N-dealkylation sites (N-methyl/N-ethyl adjacent to an activating group) is 1. The van der Waals surface area contributed by atoms with Gasteiger partial charge in [-0.25, -0.2) is 0 Å². The van der Waals surface area contributed by atoms with Crippen molar-refractivity contribution < 1.29 is 42.1 Å². The molecule has 0 rings (SSSR count). The van der Waals surface area contributed by atoms with Crippen LogP contribution < -0.4 is 4.89 Å². The molecule has 0 aromatic rings. The number of ether oxygens (including phenoxy) is 2. The number of quaternary nitrogens is 1. The van der Waals surface area contributed by atoms with Crippen LogP contribution in [-0.2, 0) is 32.7 Å². The standard InChI is InChI=1S/C62H110NO8P/c1-6-8-10-12-14-16-18-20-22-24-26-28-29-30-31-32-33-35-36-38-40-42-44-46-48-50-52-54-61(64)68-58-60(59-70-72(66,67)69-57-56-63(3,4)5)71-62(65)55-53-51-49-47-45-43-41-39-37-34-27-25-23-21-19-17-15-13-11-9-7-2/h9,11,15,17-18,20-21,23-24,26-27,29-30,34,60H,6-8,10,12-14,16,19,22,25,28,31-33,35-59H2,1-5H3/b11-9-,17-15-,20-18-,23-21-,26-24-,30-29-,34-27-. The SMILES string of the molecule is CC/C=C\C/C=C\C/C=C\C/C=C\CCCCCCCCCCC(=O)OC(COC(=O)CCCCCCCCCCCCCC/C=C\C/C=C\C/C=C\CCCCCCC)COP(=O)([O-])OCC[N+](C)(C)C.